The molecule has 3 atom stereocenters. The highest BCUT2D eigenvalue weighted by atomic mass is 16.5. The zero-order valence-electron chi connectivity index (χ0n) is 16.9. The number of ether oxygens (including phenoxy) is 2. The second kappa shape index (κ2) is 7.87. The van der Waals surface area contributed by atoms with Gasteiger partial charge in [0, 0.05) is 17.5 Å². The Morgan fingerprint density at radius 2 is 2.08 bits per heavy atom. The van der Waals surface area contributed by atoms with Gasteiger partial charge in [-0.25, -0.2) is 0 Å². The third-order valence-corrected chi connectivity index (χ3v) is 6.53. The second-order valence-corrected chi connectivity index (χ2v) is 7.85. The van der Waals surface area contributed by atoms with E-state index in [1.165, 1.54) is 17.5 Å². The van der Waals surface area contributed by atoms with Crippen LogP contribution in [-0.2, 0) is 17.6 Å². The van der Waals surface area contributed by atoms with E-state index in [4.69, 9.17) is 9.47 Å². The van der Waals surface area contributed by atoms with E-state index in [0.717, 1.165) is 37.3 Å². The zero-order chi connectivity index (χ0) is 18.7. The lowest BCUT2D eigenvalue weighted by atomic mass is 9.75. The highest BCUT2D eigenvalue weighted by Gasteiger charge is 2.37. The van der Waals surface area contributed by atoms with E-state index in [1.54, 1.807) is 14.2 Å². The van der Waals surface area contributed by atoms with Crippen LogP contribution in [0.4, 0.5) is 0 Å². The van der Waals surface area contributed by atoms with Gasteiger partial charge in [0.05, 0.1) is 14.2 Å². The third-order valence-electron chi connectivity index (χ3n) is 6.53. The molecule has 26 heavy (non-hydrogen) atoms. The maximum absolute atomic E-state index is 5.57. The summed E-state index contributed by atoms with van der Waals surface area (Å²) in [7, 11) is 3.52. The van der Waals surface area contributed by atoms with Crippen molar-refractivity contribution in [3.05, 3.63) is 53.3 Å². The fraction of sp³-hybridized carbons (Fsp3) is 0.565. The van der Waals surface area contributed by atoms with Gasteiger partial charge in [0.25, 0.3) is 0 Å². The smallest absolute Gasteiger partial charge is 0.122 e. The standard InChI is InChI=1S/C23H33NO2/c1-6-24(17(2)23(3)14-12-20(25-4)13-15-23)19-10-11-21-18(16-19)8-7-9-22(21)26-5/h7-9,12-14,17,19H,6,10-11,15-16H2,1-5H3/t17-,19+,23?/m1/s1. The predicted octanol–water partition coefficient (Wildman–Crippen LogP) is 4.76. The van der Waals surface area contributed by atoms with Gasteiger partial charge in [-0.3, -0.25) is 4.90 Å². The average Bonchev–Trinajstić information content (AvgIpc) is 2.68. The largest absolute Gasteiger partial charge is 0.497 e. The van der Waals surface area contributed by atoms with Crippen LogP contribution >= 0.6 is 0 Å². The maximum Gasteiger partial charge on any atom is 0.122 e. The van der Waals surface area contributed by atoms with Crippen LogP contribution in [-0.4, -0.2) is 37.7 Å². The molecule has 0 spiro atoms. The number of nitrogens with zero attached hydrogens (tertiary/aromatic N) is 1. The van der Waals surface area contributed by atoms with Gasteiger partial charge in [-0.2, -0.15) is 0 Å². The normalized spacial score (nSPS) is 26.2. The number of hydrogen-bond acceptors (Lipinski definition) is 3. The van der Waals surface area contributed by atoms with Gasteiger partial charge < -0.3 is 9.47 Å². The molecule has 1 aromatic carbocycles. The van der Waals surface area contributed by atoms with E-state index in [-0.39, 0.29) is 5.41 Å². The summed E-state index contributed by atoms with van der Waals surface area (Å²) >= 11 is 0. The summed E-state index contributed by atoms with van der Waals surface area (Å²) in [6.07, 6.45) is 11.2. The Bertz CT molecular complexity index is 693. The molecule has 3 rings (SSSR count). The molecule has 0 radical (unpaired) electrons. The molecule has 0 bridgehead atoms. The first-order valence-electron chi connectivity index (χ1n) is 9.86. The van der Waals surface area contributed by atoms with Crippen LogP contribution in [0.15, 0.2) is 42.2 Å². The van der Waals surface area contributed by atoms with E-state index < -0.39 is 0 Å². The molecule has 0 N–H and O–H groups in total. The number of benzene rings is 1. The Labute approximate surface area is 158 Å². The molecule has 142 valence electrons. The minimum atomic E-state index is 0.146. The van der Waals surface area contributed by atoms with Gasteiger partial charge in [0.15, 0.2) is 0 Å². The fourth-order valence-corrected chi connectivity index (χ4v) is 4.64. The van der Waals surface area contributed by atoms with E-state index in [1.807, 2.05) is 0 Å². The highest BCUT2D eigenvalue weighted by molar-refractivity contribution is 5.42. The lowest BCUT2D eigenvalue weighted by Crippen LogP contribution is -2.51. The maximum atomic E-state index is 5.57. The van der Waals surface area contributed by atoms with Crippen LogP contribution in [0.1, 0.15) is 44.7 Å². The van der Waals surface area contributed by atoms with Crippen LogP contribution < -0.4 is 4.74 Å². The van der Waals surface area contributed by atoms with Crippen molar-refractivity contribution in [1.82, 2.24) is 4.90 Å². The number of allylic oxidation sites excluding steroid dienone is 2. The van der Waals surface area contributed by atoms with Crippen molar-refractivity contribution < 1.29 is 9.47 Å². The molecule has 2 aliphatic carbocycles. The minimum absolute atomic E-state index is 0.146. The number of methoxy groups -OCH3 is 2. The Morgan fingerprint density at radius 1 is 1.27 bits per heavy atom. The van der Waals surface area contributed by atoms with Gasteiger partial charge in [-0.1, -0.05) is 32.1 Å². The third kappa shape index (κ3) is 3.55. The molecule has 3 nitrogen and oxygen atoms in total. The fourth-order valence-electron chi connectivity index (χ4n) is 4.64. The number of likely N-dealkylation sites (N-methyl/N-ethyl adjacent to an activating group) is 1. The summed E-state index contributed by atoms with van der Waals surface area (Å²) < 4.78 is 10.9. The van der Waals surface area contributed by atoms with Gasteiger partial charge in [-0.15, -0.1) is 0 Å². The van der Waals surface area contributed by atoms with Crippen molar-refractivity contribution in [2.45, 2.75) is 58.5 Å². The Balaban J connectivity index is 1.77. The number of hydrogen-bond donors (Lipinski definition) is 0. The number of fused-ring (bicyclic) bond motifs is 1. The summed E-state index contributed by atoms with van der Waals surface area (Å²) in [5.41, 5.74) is 3.01. The molecule has 2 aliphatic rings. The molecular weight excluding hydrogens is 322 g/mol. The van der Waals surface area contributed by atoms with Gasteiger partial charge >= 0.3 is 0 Å². The van der Waals surface area contributed by atoms with Crippen LogP contribution in [0.3, 0.4) is 0 Å². The van der Waals surface area contributed by atoms with Crippen molar-refractivity contribution in [3.63, 3.8) is 0 Å². The lowest BCUT2D eigenvalue weighted by Gasteiger charge is -2.46. The Morgan fingerprint density at radius 3 is 2.69 bits per heavy atom. The monoisotopic (exact) mass is 355 g/mol. The SMILES string of the molecule is CCN([C@H]1CCc2c(cccc2OC)C1)[C@H](C)C1(C)C=CC(OC)=CC1. The Hall–Kier alpha value is -1.74. The molecule has 1 aromatic rings. The van der Waals surface area contributed by atoms with E-state index in [9.17, 15) is 0 Å². The topological polar surface area (TPSA) is 21.7 Å². The quantitative estimate of drug-likeness (QED) is 0.734. The summed E-state index contributed by atoms with van der Waals surface area (Å²) in [6, 6.07) is 7.57. The van der Waals surface area contributed by atoms with Crippen LogP contribution in [0.5, 0.6) is 5.75 Å². The summed E-state index contributed by atoms with van der Waals surface area (Å²) in [6.45, 7) is 8.14. The van der Waals surface area contributed by atoms with Crippen molar-refractivity contribution in [2.75, 3.05) is 20.8 Å². The molecule has 0 saturated heterocycles. The summed E-state index contributed by atoms with van der Waals surface area (Å²) in [4.78, 5) is 2.71. The van der Waals surface area contributed by atoms with E-state index in [2.05, 4.69) is 62.1 Å². The van der Waals surface area contributed by atoms with Gasteiger partial charge in [0.2, 0.25) is 0 Å². The van der Waals surface area contributed by atoms with E-state index >= 15 is 0 Å². The first-order chi connectivity index (χ1) is 12.5. The Kier molecular flexibility index (Phi) is 5.76. The van der Waals surface area contributed by atoms with Crippen LogP contribution in [0.2, 0.25) is 0 Å². The van der Waals surface area contributed by atoms with Crippen LogP contribution in [0.25, 0.3) is 0 Å². The molecule has 0 aliphatic heterocycles. The molecule has 0 saturated carbocycles. The molecule has 3 heteroatoms. The molecule has 0 aromatic heterocycles. The van der Waals surface area contributed by atoms with Gasteiger partial charge in [-0.05, 0) is 68.5 Å². The van der Waals surface area contributed by atoms with E-state index in [0.29, 0.717) is 12.1 Å². The van der Waals surface area contributed by atoms with Crippen LogP contribution in [0, 0.1) is 5.41 Å². The first-order valence-corrected chi connectivity index (χ1v) is 9.86. The molecule has 0 heterocycles. The zero-order valence-corrected chi connectivity index (χ0v) is 16.9. The average molecular weight is 356 g/mol. The lowest BCUT2D eigenvalue weighted by molar-refractivity contribution is 0.0723. The molecule has 0 fully saturated rings. The van der Waals surface area contributed by atoms with Crippen molar-refractivity contribution >= 4 is 0 Å². The molecule has 1 unspecified atom stereocenters. The van der Waals surface area contributed by atoms with Crippen molar-refractivity contribution in [2.24, 2.45) is 5.41 Å². The predicted molar refractivity (Wildman–Crippen MR) is 108 cm³/mol. The van der Waals surface area contributed by atoms with Crippen molar-refractivity contribution in [3.8, 4) is 5.75 Å². The highest BCUT2D eigenvalue weighted by Crippen LogP contribution is 2.39. The molecule has 0 amide bonds. The molecular formula is C23H33NO2. The van der Waals surface area contributed by atoms with Crippen molar-refractivity contribution in [1.29, 1.82) is 0 Å². The summed E-state index contributed by atoms with van der Waals surface area (Å²) in [5, 5.41) is 0. The second-order valence-electron chi connectivity index (χ2n) is 7.85. The van der Waals surface area contributed by atoms with Gasteiger partial charge in [0.1, 0.15) is 11.5 Å². The first kappa shape index (κ1) is 19.0. The minimum Gasteiger partial charge on any atom is -0.497 e. The number of rotatable bonds is 6. The summed E-state index contributed by atoms with van der Waals surface area (Å²) in [5.74, 6) is 2.04.